The van der Waals surface area contributed by atoms with Crippen molar-refractivity contribution in [2.24, 2.45) is 0 Å². The van der Waals surface area contributed by atoms with E-state index in [1.165, 1.54) is 0 Å². The molecule has 0 radical (unpaired) electrons. The van der Waals surface area contributed by atoms with E-state index in [1.807, 2.05) is 36.4 Å². The Balaban J connectivity index is 1.82. The third kappa shape index (κ3) is 2.97. The average Bonchev–Trinajstić information content (AvgIpc) is 2.57. The van der Waals surface area contributed by atoms with Crippen molar-refractivity contribution in [1.29, 1.82) is 0 Å². The van der Waals surface area contributed by atoms with Gasteiger partial charge >= 0.3 is 0 Å². The summed E-state index contributed by atoms with van der Waals surface area (Å²) in [4.78, 5) is 12.6. The average molecular weight is 279 g/mol. The predicted octanol–water partition coefficient (Wildman–Crippen LogP) is 3.34. The van der Waals surface area contributed by atoms with Gasteiger partial charge in [0.25, 0.3) is 0 Å². The number of benzene rings is 1. The zero-order chi connectivity index (χ0) is 14.5. The molecule has 0 N–H and O–H groups in total. The molecule has 2 heterocycles. The fraction of sp³-hybridized carbons (Fsp3) is 0.0625. The lowest BCUT2D eigenvalue weighted by Crippen LogP contribution is -1.93. The maximum absolute atomic E-state index is 5.73. The zero-order valence-electron chi connectivity index (χ0n) is 11.4. The summed E-state index contributed by atoms with van der Waals surface area (Å²) in [6.07, 6.45) is 6.68. The molecule has 3 aromatic rings. The second kappa shape index (κ2) is 6.00. The number of hydrogen-bond donors (Lipinski definition) is 0. The Kier molecular flexibility index (Phi) is 3.73. The maximum Gasteiger partial charge on any atom is 0.169 e. The summed E-state index contributed by atoms with van der Waals surface area (Å²) in [5, 5.41) is 0. The van der Waals surface area contributed by atoms with Gasteiger partial charge in [0.2, 0.25) is 0 Å². The van der Waals surface area contributed by atoms with Gasteiger partial charge in [0.05, 0.1) is 19.5 Å². The highest BCUT2D eigenvalue weighted by atomic mass is 16.5. The Labute approximate surface area is 122 Å². The van der Waals surface area contributed by atoms with E-state index in [9.17, 15) is 0 Å². The molecule has 0 fully saturated rings. The van der Waals surface area contributed by atoms with Crippen molar-refractivity contribution in [2.75, 3.05) is 7.11 Å². The van der Waals surface area contributed by atoms with E-state index in [1.54, 1.807) is 31.9 Å². The number of aromatic nitrogens is 3. The van der Waals surface area contributed by atoms with Crippen LogP contribution in [0.4, 0.5) is 0 Å². The number of methoxy groups -OCH3 is 1. The fourth-order valence-electron chi connectivity index (χ4n) is 1.85. The standard InChI is InChI=1S/C16H13N3O2/c1-20-14-4-2-3-5-15(14)21-13-10-18-16(19-11-13)12-6-8-17-9-7-12/h2-11H,1H3. The number of nitrogens with zero attached hydrogens (tertiary/aromatic N) is 3. The van der Waals surface area contributed by atoms with Gasteiger partial charge in [-0.25, -0.2) is 9.97 Å². The normalized spacial score (nSPS) is 10.1. The molecule has 5 heteroatoms. The van der Waals surface area contributed by atoms with Gasteiger partial charge in [0, 0.05) is 18.0 Å². The summed E-state index contributed by atoms with van der Waals surface area (Å²) < 4.78 is 11.0. The van der Waals surface area contributed by atoms with Gasteiger partial charge in [0.15, 0.2) is 23.1 Å². The molecule has 0 saturated heterocycles. The molecule has 0 amide bonds. The lowest BCUT2D eigenvalue weighted by Gasteiger charge is -2.09. The summed E-state index contributed by atoms with van der Waals surface area (Å²) in [6, 6.07) is 11.1. The molecular formula is C16H13N3O2. The van der Waals surface area contributed by atoms with Crippen LogP contribution in [0.3, 0.4) is 0 Å². The maximum atomic E-state index is 5.73. The number of ether oxygens (including phenoxy) is 2. The lowest BCUT2D eigenvalue weighted by atomic mass is 10.2. The molecule has 0 bridgehead atoms. The molecule has 2 aromatic heterocycles. The monoisotopic (exact) mass is 279 g/mol. The van der Waals surface area contributed by atoms with E-state index in [4.69, 9.17) is 9.47 Å². The van der Waals surface area contributed by atoms with E-state index >= 15 is 0 Å². The Morgan fingerprint density at radius 3 is 2.19 bits per heavy atom. The van der Waals surface area contributed by atoms with Crippen molar-refractivity contribution in [1.82, 2.24) is 15.0 Å². The lowest BCUT2D eigenvalue weighted by molar-refractivity contribution is 0.378. The van der Waals surface area contributed by atoms with E-state index in [-0.39, 0.29) is 0 Å². The summed E-state index contributed by atoms with van der Waals surface area (Å²) in [5.41, 5.74) is 0.911. The molecule has 3 rings (SSSR count). The predicted molar refractivity (Wildman–Crippen MR) is 78.3 cm³/mol. The molecule has 0 unspecified atom stereocenters. The summed E-state index contributed by atoms with van der Waals surface area (Å²) in [6.45, 7) is 0. The molecular weight excluding hydrogens is 266 g/mol. The molecule has 104 valence electrons. The van der Waals surface area contributed by atoms with Crippen LogP contribution in [0.1, 0.15) is 0 Å². The first-order valence-corrected chi connectivity index (χ1v) is 6.40. The first kappa shape index (κ1) is 13.1. The third-order valence-electron chi connectivity index (χ3n) is 2.86. The highest BCUT2D eigenvalue weighted by Crippen LogP contribution is 2.30. The molecule has 1 aromatic carbocycles. The van der Waals surface area contributed by atoms with Crippen LogP contribution < -0.4 is 9.47 Å². The number of hydrogen-bond acceptors (Lipinski definition) is 5. The highest BCUT2D eigenvalue weighted by molar-refractivity contribution is 5.53. The van der Waals surface area contributed by atoms with E-state index in [0.717, 1.165) is 5.56 Å². The first-order chi connectivity index (χ1) is 10.4. The first-order valence-electron chi connectivity index (χ1n) is 6.40. The molecule has 21 heavy (non-hydrogen) atoms. The second-order valence-electron chi connectivity index (χ2n) is 4.23. The van der Waals surface area contributed by atoms with Crippen molar-refractivity contribution >= 4 is 0 Å². The van der Waals surface area contributed by atoms with Gasteiger partial charge in [-0.3, -0.25) is 4.98 Å². The minimum absolute atomic E-state index is 0.553. The van der Waals surface area contributed by atoms with Crippen molar-refractivity contribution in [3.8, 4) is 28.6 Å². The third-order valence-corrected chi connectivity index (χ3v) is 2.86. The smallest absolute Gasteiger partial charge is 0.169 e. The van der Waals surface area contributed by atoms with Crippen LogP contribution in [0.2, 0.25) is 0 Å². The van der Waals surface area contributed by atoms with Crippen LogP contribution in [0.25, 0.3) is 11.4 Å². The number of rotatable bonds is 4. The minimum atomic E-state index is 0.553. The van der Waals surface area contributed by atoms with E-state index < -0.39 is 0 Å². The Morgan fingerprint density at radius 2 is 1.52 bits per heavy atom. The van der Waals surface area contributed by atoms with Gasteiger partial charge < -0.3 is 9.47 Å². The SMILES string of the molecule is COc1ccccc1Oc1cnc(-c2ccncc2)nc1. The van der Waals surface area contributed by atoms with Crippen molar-refractivity contribution in [3.05, 3.63) is 61.2 Å². The molecule has 0 spiro atoms. The molecule has 0 saturated carbocycles. The molecule has 0 atom stereocenters. The van der Waals surface area contributed by atoms with E-state index in [0.29, 0.717) is 23.1 Å². The molecule has 5 nitrogen and oxygen atoms in total. The van der Waals surface area contributed by atoms with Crippen LogP contribution in [0.5, 0.6) is 17.2 Å². The van der Waals surface area contributed by atoms with Gasteiger partial charge in [-0.2, -0.15) is 0 Å². The Hall–Kier alpha value is -2.95. The Morgan fingerprint density at radius 1 is 0.857 bits per heavy atom. The van der Waals surface area contributed by atoms with Crippen molar-refractivity contribution < 1.29 is 9.47 Å². The van der Waals surface area contributed by atoms with Crippen LogP contribution in [-0.4, -0.2) is 22.1 Å². The van der Waals surface area contributed by atoms with Crippen molar-refractivity contribution in [2.45, 2.75) is 0 Å². The van der Waals surface area contributed by atoms with Crippen LogP contribution in [0, 0.1) is 0 Å². The second-order valence-corrected chi connectivity index (χ2v) is 4.23. The van der Waals surface area contributed by atoms with E-state index in [2.05, 4.69) is 15.0 Å². The number of para-hydroxylation sites is 2. The number of pyridine rings is 1. The summed E-state index contributed by atoms with van der Waals surface area (Å²) >= 11 is 0. The highest BCUT2D eigenvalue weighted by Gasteiger charge is 2.06. The van der Waals surface area contributed by atoms with Gasteiger partial charge in [-0.1, -0.05) is 12.1 Å². The van der Waals surface area contributed by atoms with Crippen LogP contribution in [-0.2, 0) is 0 Å². The van der Waals surface area contributed by atoms with Gasteiger partial charge in [-0.15, -0.1) is 0 Å². The summed E-state index contributed by atoms with van der Waals surface area (Å²) in [5.74, 6) is 2.47. The van der Waals surface area contributed by atoms with Gasteiger partial charge in [0.1, 0.15) is 0 Å². The quantitative estimate of drug-likeness (QED) is 0.733. The topological polar surface area (TPSA) is 57.1 Å². The summed E-state index contributed by atoms with van der Waals surface area (Å²) in [7, 11) is 1.60. The van der Waals surface area contributed by atoms with Crippen LogP contribution >= 0.6 is 0 Å². The molecule has 0 aliphatic carbocycles. The Bertz CT molecular complexity index is 715. The fourth-order valence-corrected chi connectivity index (χ4v) is 1.85. The zero-order valence-corrected chi connectivity index (χ0v) is 11.4. The van der Waals surface area contributed by atoms with Crippen molar-refractivity contribution in [3.63, 3.8) is 0 Å². The minimum Gasteiger partial charge on any atom is -0.493 e. The largest absolute Gasteiger partial charge is 0.493 e. The molecule has 0 aliphatic rings. The van der Waals surface area contributed by atoms with Gasteiger partial charge in [-0.05, 0) is 24.3 Å². The van der Waals surface area contributed by atoms with Crippen LogP contribution in [0.15, 0.2) is 61.2 Å². The molecule has 0 aliphatic heterocycles.